The lowest BCUT2D eigenvalue weighted by Gasteiger charge is -2.30. The van der Waals surface area contributed by atoms with Crippen LogP contribution in [-0.4, -0.2) is 28.5 Å². The second-order valence-corrected chi connectivity index (χ2v) is 5.27. The Balaban J connectivity index is 2.09. The minimum atomic E-state index is -0.0377. The van der Waals surface area contributed by atoms with E-state index in [0.29, 0.717) is 0 Å². The lowest BCUT2D eigenvalue weighted by atomic mass is 9.83. The van der Waals surface area contributed by atoms with E-state index in [1.807, 2.05) is 18.2 Å². The SMILES string of the molecule is CCC(CC)(CO)CNc1cccc(-c2ccn[nH]2)c1. The van der Waals surface area contributed by atoms with Gasteiger partial charge in [0.25, 0.3) is 0 Å². The van der Waals surface area contributed by atoms with Gasteiger partial charge in [0.05, 0.1) is 12.3 Å². The van der Waals surface area contributed by atoms with Crippen molar-refractivity contribution in [1.82, 2.24) is 10.2 Å². The summed E-state index contributed by atoms with van der Waals surface area (Å²) in [5.41, 5.74) is 3.14. The molecule has 1 aromatic carbocycles. The maximum atomic E-state index is 9.61. The van der Waals surface area contributed by atoms with Crippen LogP contribution in [0.15, 0.2) is 36.5 Å². The minimum absolute atomic E-state index is 0.0377. The number of nitrogens with zero attached hydrogens (tertiary/aromatic N) is 1. The standard InChI is InChI=1S/C16H23N3O/c1-3-16(4-2,12-20)11-17-14-7-5-6-13(10-14)15-8-9-18-19-15/h5-10,17,20H,3-4,11-12H2,1-2H3,(H,18,19). The molecule has 0 bridgehead atoms. The number of aliphatic hydroxyl groups excluding tert-OH is 1. The number of hydrogen-bond acceptors (Lipinski definition) is 3. The molecule has 2 rings (SSSR count). The highest BCUT2D eigenvalue weighted by molar-refractivity contribution is 5.64. The molecule has 0 spiro atoms. The molecule has 0 aliphatic rings. The Morgan fingerprint density at radius 2 is 2.05 bits per heavy atom. The Morgan fingerprint density at radius 1 is 1.25 bits per heavy atom. The second kappa shape index (κ2) is 6.57. The average Bonchev–Trinajstić information content (AvgIpc) is 3.04. The van der Waals surface area contributed by atoms with Gasteiger partial charge in [-0.05, 0) is 31.0 Å². The van der Waals surface area contributed by atoms with Crippen LogP contribution in [-0.2, 0) is 0 Å². The Labute approximate surface area is 120 Å². The molecular weight excluding hydrogens is 250 g/mol. The van der Waals surface area contributed by atoms with Crippen molar-refractivity contribution in [2.75, 3.05) is 18.5 Å². The molecule has 1 heterocycles. The normalized spacial score (nSPS) is 11.6. The molecule has 3 N–H and O–H groups in total. The first-order valence-corrected chi connectivity index (χ1v) is 7.17. The van der Waals surface area contributed by atoms with Crippen LogP contribution in [0.4, 0.5) is 5.69 Å². The molecule has 108 valence electrons. The Kier molecular flexibility index (Phi) is 4.79. The van der Waals surface area contributed by atoms with E-state index in [4.69, 9.17) is 0 Å². The molecule has 2 aromatic rings. The van der Waals surface area contributed by atoms with E-state index in [-0.39, 0.29) is 12.0 Å². The third-order valence-corrected chi connectivity index (χ3v) is 4.18. The first-order valence-electron chi connectivity index (χ1n) is 7.17. The predicted molar refractivity (Wildman–Crippen MR) is 82.6 cm³/mol. The number of aromatic amines is 1. The molecule has 0 atom stereocenters. The number of benzene rings is 1. The second-order valence-electron chi connectivity index (χ2n) is 5.27. The van der Waals surface area contributed by atoms with Crippen LogP contribution in [0, 0.1) is 5.41 Å². The average molecular weight is 273 g/mol. The van der Waals surface area contributed by atoms with Gasteiger partial charge in [-0.3, -0.25) is 5.10 Å². The molecule has 0 unspecified atom stereocenters. The molecule has 4 heteroatoms. The van der Waals surface area contributed by atoms with E-state index in [0.717, 1.165) is 36.3 Å². The van der Waals surface area contributed by atoms with Crippen LogP contribution in [0.5, 0.6) is 0 Å². The fraction of sp³-hybridized carbons (Fsp3) is 0.438. The van der Waals surface area contributed by atoms with E-state index in [9.17, 15) is 5.11 Å². The summed E-state index contributed by atoms with van der Waals surface area (Å²) in [5, 5.41) is 20.0. The number of rotatable bonds is 7. The summed E-state index contributed by atoms with van der Waals surface area (Å²) >= 11 is 0. The zero-order chi connectivity index (χ0) is 14.4. The number of aromatic nitrogens is 2. The van der Waals surface area contributed by atoms with Gasteiger partial charge in [-0.25, -0.2) is 0 Å². The first kappa shape index (κ1) is 14.6. The molecule has 0 radical (unpaired) electrons. The molecule has 1 aromatic heterocycles. The van der Waals surface area contributed by atoms with Gasteiger partial charge in [0, 0.05) is 29.4 Å². The molecule has 0 aliphatic carbocycles. The topological polar surface area (TPSA) is 60.9 Å². The van der Waals surface area contributed by atoms with Gasteiger partial charge in [0.2, 0.25) is 0 Å². The molecule has 0 fully saturated rings. The number of anilines is 1. The number of aliphatic hydroxyl groups is 1. The number of nitrogens with one attached hydrogen (secondary N) is 2. The van der Waals surface area contributed by atoms with E-state index < -0.39 is 0 Å². The van der Waals surface area contributed by atoms with Crippen molar-refractivity contribution >= 4 is 5.69 Å². The van der Waals surface area contributed by atoms with Crippen LogP contribution in [0.3, 0.4) is 0 Å². The molecule has 0 amide bonds. The summed E-state index contributed by atoms with van der Waals surface area (Å²) in [5.74, 6) is 0. The first-order chi connectivity index (χ1) is 9.73. The lowest BCUT2D eigenvalue weighted by molar-refractivity contribution is 0.127. The van der Waals surface area contributed by atoms with Gasteiger partial charge >= 0.3 is 0 Å². The lowest BCUT2D eigenvalue weighted by Crippen LogP contribution is -2.32. The van der Waals surface area contributed by atoms with Gasteiger partial charge in [-0.1, -0.05) is 26.0 Å². The van der Waals surface area contributed by atoms with Crippen molar-refractivity contribution in [2.45, 2.75) is 26.7 Å². The fourth-order valence-corrected chi connectivity index (χ4v) is 2.28. The maximum Gasteiger partial charge on any atom is 0.0650 e. The highest BCUT2D eigenvalue weighted by atomic mass is 16.3. The Bertz CT molecular complexity index is 510. The molecule has 0 saturated carbocycles. The van der Waals surface area contributed by atoms with Gasteiger partial charge in [0.15, 0.2) is 0 Å². The fourth-order valence-electron chi connectivity index (χ4n) is 2.28. The molecule has 0 aliphatic heterocycles. The summed E-state index contributed by atoms with van der Waals surface area (Å²) in [6.45, 7) is 5.25. The third kappa shape index (κ3) is 3.20. The third-order valence-electron chi connectivity index (χ3n) is 4.18. The van der Waals surface area contributed by atoms with Crippen molar-refractivity contribution in [1.29, 1.82) is 0 Å². The van der Waals surface area contributed by atoms with E-state index in [1.54, 1.807) is 6.20 Å². The van der Waals surface area contributed by atoms with Gasteiger partial charge in [0.1, 0.15) is 0 Å². The van der Waals surface area contributed by atoms with Crippen LogP contribution in [0.2, 0.25) is 0 Å². The summed E-state index contributed by atoms with van der Waals surface area (Å²) in [7, 11) is 0. The quantitative estimate of drug-likeness (QED) is 0.725. The summed E-state index contributed by atoms with van der Waals surface area (Å²) < 4.78 is 0. The van der Waals surface area contributed by atoms with Crippen LogP contribution < -0.4 is 5.32 Å². The van der Waals surface area contributed by atoms with Crippen molar-refractivity contribution < 1.29 is 5.11 Å². The largest absolute Gasteiger partial charge is 0.396 e. The monoisotopic (exact) mass is 273 g/mol. The van der Waals surface area contributed by atoms with Crippen molar-refractivity contribution in [3.05, 3.63) is 36.5 Å². The van der Waals surface area contributed by atoms with Gasteiger partial charge < -0.3 is 10.4 Å². The van der Waals surface area contributed by atoms with Crippen molar-refractivity contribution in [3.8, 4) is 11.3 Å². The Hall–Kier alpha value is -1.81. The van der Waals surface area contributed by atoms with E-state index in [1.165, 1.54) is 0 Å². The zero-order valence-corrected chi connectivity index (χ0v) is 12.2. The molecular formula is C16H23N3O. The highest BCUT2D eigenvalue weighted by Gasteiger charge is 2.24. The van der Waals surface area contributed by atoms with Gasteiger partial charge in [-0.15, -0.1) is 0 Å². The van der Waals surface area contributed by atoms with E-state index >= 15 is 0 Å². The molecule has 4 nitrogen and oxygen atoms in total. The van der Waals surface area contributed by atoms with Crippen LogP contribution >= 0.6 is 0 Å². The smallest absolute Gasteiger partial charge is 0.0650 e. The zero-order valence-electron chi connectivity index (χ0n) is 12.2. The minimum Gasteiger partial charge on any atom is -0.396 e. The molecule has 0 saturated heterocycles. The van der Waals surface area contributed by atoms with Crippen LogP contribution in [0.25, 0.3) is 11.3 Å². The number of H-pyrrole nitrogens is 1. The summed E-state index contributed by atoms with van der Waals surface area (Å²) in [4.78, 5) is 0. The summed E-state index contributed by atoms with van der Waals surface area (Å²) in [6, 6.07) is 10.2. The highest BCUT2D eigenvalue weighted by Crippen LogP contribution is 2.27. The number of hydrogen-bond donors (Lipinski definition) is 3. The maximum absolute atomic E-state index is 9.61. The van der Waals surface area contributed by atoms with Crippen molar-refractivity contribution in [2.24, 2.45) is 5.41 Å². The van der Waals surface area contributed by atoms with Crippen molar-refractivity contribution in [3.63, 3.8) is 0 Å². The predicted octanol–water partition coefficient (Wildman–Crippen LogP) is 3.29. The summed E-state index contributed by atoms with van der Waals surface area (Å²) in [6.07, 6.45) is 3.68. The molecule has 20 heavy (non-hydrogen) atoms. The van der Waals surface area contributed by atoms with Gasteiger partial charge in [-0.2, -0.15) is 5.10 Å². The Morgan fingerprint density at radius 3 is 2.65 bits per heavy atom. The van der Waals surface area contributed by atoms with Crippen LogP contribution in [0.1, 0.15) is 26.7 Å². The van der Waals surface area contributed by atoms with E-state index in [2.05, 4.69) is 41.5 Å².